The van der Waals surface area contributed by atoms with Crippen molar-refractivity contribution in [2.45, 2.75) is 53.4 Å². The minimum atomic E-state index is 0.279. The molecule has 18 heavy (non-hydrogen) atoms. The number of rotatable bonds is 7. The number of nitrogens with one attached hydrogen (secondary N) is 1. The average molecular weight is 250 g/mol. The van der Waals surface area contributed by atoms with Gasteiger partial charge in [-0.1, -0.05) is 40.0 Å². The van der Waals surface area contributed by atoms with Crippen LogP contribution in [-0.4, -0.2) is 16.5 Å². The van der Waals surface area contributed by atoms with Crippen LogP contribution >= 0.6 is 0 Å². The van der Waals surface area contributed by atoms with Crippen LogP contribution in [0.15, 0.2) is 6.33 Å². The quantitative estimate of drug-likeness (QED) is 0.728. The summed E-state index contributed by atoms with van der Waals surface area (Å²) in [6.45, 7) is 9.67. The van der Waals surface area contributed by atoms with Crippen LogP contribution in [0.2, 0.25) is 0 Å². The lowest BCUT2D eigenvalue weighted by Gasteiger charge is -2.25. The summed E-state index contributed by atoms with van der Waals surface area (Å²) >= 11 is 0. The Bertz CT molecular complexity index is 374. The number of nitrogens with zero attached hydrogens (tertiary/aromatic N) is 2. The standard InChI is InChI=1S/C14H26N4/c1-5-6-7-8-14(3,4)9-16-13-11(2)12(15)17-10-18-13/h10H,5-9H2,1-4H3,(H3,15,16,17,18). The predicted octanol–water partition coefficient (Wildman–Crippen LogP) is 3.39. The highest BCUT2D eigenvalue weighted by atomic mass is 15.0. The van der Waals surface area contributed by atoms with Gasteiger partial charge in [-0.3, -0.25) is 0 Å². The fourth-order valence-corrected chi connectivity index (χ4v) is 1.91. The molecule has 1 rings (SSSR count). The molecular weight excluding hydrogens is 224 g/mol. The summed E-state index contributed by atoms with van der Waals surface area (Å²) in [6, 6.07) is 0. The maximum atomic E-state index is 5.77. The second-order valence-electron chi connectivity index (χ2n) is 5.71. The van der Waals surface area contributed by atoms with Gasteiger partial charge < -0.3 is 11.1 Å². The molecule has 0 saturated carbocycles. The van der Waals surface area contributed by atoms with Gasteiger partial charge in [0.25, 0.3) is 0 Å². The normalized spacial score (nSPS) is 11.6. The van der Waals surface area contributed by atoms with E-state index in [0.29, 0.717) is 5.82 Å². The van der Waals surface area contributed by atoms with Crippen LogP contribution in [0.5, 0.6) is 0 Å². The van der Waals surface area contributed by atoms with Crippen molar-refractivity contribution in [2.24, 2.45) is 5.41 Å². The predicted molar refractivity (Wildman–Crippen MR) is 77.6 cm³/mol. The Morgan fingerprint density at radius 3 is 2.67 bits per heavy atom. The zero-order valence-electron chi connectivity index (χ0n) is 12.1. The third-order valence-electron chi connectivity index (χ3n) is 3.31. The number of aromatic nitrogens is 2. The second kappa shape index (κ2) is 6.57. The van der Waals surface area contributed by atoms with Gasteiger partial charge in [0.05, 0.1) is 0 Å². The Balaban J connectivity index is 2.50. The van der Waals surface area contributed by atoms with Crippen LogP contribution in [0.4, 0.5) is 11.6 Å². The van der Waals surface area contributed by atoms with Gasteiger partial charge in [0.15, 0.2) is 0 Å². The molecule has 4 heteroatoms. The van der Waals surface area contributed by atoms with Crippen molar-refractivity contribution in [3.8, 4) is 0 Å². The van der Waals surface area contributed by atoms with Crippen LogP contribution in [-0.2, 0) is 0 Å². The number of nitrogens with two attached hydrogens (primary N) is 1. The fourth-order valence-electron chi connectivity index (χ4n) is 1.91. The molecule has 0 fully saturated rings. The Labute approximate surface area is 110 Å². The molecule has 0 radical (unpaired) electrons. The van der Waals surface area contributed by atoms with Gasteiger partial charge in [0.1, 0.15) is 18.0 Å². The van der Waals surface area contributed by atoms with Crippen molar-refractivity contribution < 1.29 is 0 Å². The van der Waals surface area contributed by atoms with E-state index in [1.54, 1.807) is 0 Å². The lowest BCUT2D eigenvalue weighted by molar-refractivity contribution is 0.342. The summed E-state index contributed by atoms with van der Waals surface area (Å²) in [5.74, 6) is 1.40. The highest BCUT2D eigenvalue weighted by Crippen LogP contribution is 2.25. The topological polar surface area (TPSA) is 63.8 Å². The molecule has 3 N–H and O–H groups in total. The molecule has 4 nitrogen and oxygen atoms in total. The van der Waals surface area contributed by atoms with E-state index < -0.39 is 0 Å². The Kier molecular flexibility index (Phi) is 5.38. The summed E-state index contributed by atoms with van der Waals surface area (Å²) in [5, 5.41) is 3.39. The molecule has 1 heterocycles. The molecule has 0 aliphatic heterocycles. The monoisotopic (exact) mass is 250 g/mol. The van der Waals surface area contributed by atoms with Gasteiger partial charge in [-0.25, -0.2) is 9.97 Å². The molecule has 0 atom stereocenters. The Morgan fingerprint density at radius 2 is 2.00 bits per heavy atom. The SMILES string of the molecule is CCCCCC(C)(C)CNc1ncnc(N)c1C. The molecular formula is C14H26N4. The Morgan fingerprint density at radius 1 is 1.28 bits per heavy atom. The first-order valence-corrected chi connectivity index (χ1v) is 6.77. The first kappa shape index (κ1) is 14.7. The molecule has 0 unspecified atom stereocenters. The van der Waals surface area contributed by atoms with Gasteiger partial charge in [0, 0.05) is 12.1 Å². The zero-order valence-corrected chi connectivity index (χ0v) is 12.1. The molecule has 0 aliphatic carbocycles. The van der Waals surface area contributed by atoms with Crippen LogP contribution < -0.4 is 11.1 Å². The Hall–Kier alpha value is -1.32. The van der Waals surface area contributed by atoms with Crippen molar-refractivity contribution >= 4 is 11.6 Å². The first-order valence-electron chi connectivity index (χ1n) is 6.77. The lowest BCUT2D eigenvalue weighted by atomic mass is 9.87. The zero-order chi connectivity index (χ0) is 13.6. The molecule has 1 aromatic heterocycles. The van der Waals surface area contributed by atoms with Crippen LogP contribution in [0, 0.1) is 12.3 Å². The summed E-state index contributed by atoms with van der Waals surface area (Å²) in [5.41, 5.74) is 6.98. The van der Waals surface area contributed by atoms with E-state index in [9.17, 15) is 0 Å². The number of hydrogen-bond acceptors (Lipinski definition) is 4. The minimum Gasteiger partial charge on any atom is -0.383 e. The smallest absolute Gasteiger partial charge is 0.134 e. The number of nitrogen functional groups attached to an aromatic ring is 1. The number of hydrogen-bond donors (Lipinski definition) is 2. The van der Waals surface area contributed by atoms with Gasteiger partial charge in [-0.2, -0.15) is 0 Å². The maximum Gasteiger partial charge on any atom is 0.134 e. The highest BCUT2D eigenvalue weighted by molar-refractivity contribution is 5.53. The van der Waals surface area contributed by atoms with Crippen molar-refractivity contribution in [3.63, 3.8) is 0 Å². The van der Waals surface area contributed by atoms with E-state index in [-0.39, 0.29) is 5.41 Å². The van der Waals surface area contributed by atoms with Crippen molar-refractivity contribution in [1.29, 1.82) is 0 Å². The van der Waals surface area contributed by atoms with Crippen LogP contribution in [0.3, 0.4) is 0 Å². The first-order chi connectivity index (χ1) is 8.46. The minimum absolute atomic E-state index is 0.279. The number of unbranched alkanes of at least 4 members (excludes halogenated alkanes) is 2. The number of anilines is 2. The van der Waals surface area contributed by atoms with E-state index in [4.69, 9.17) is 5.73 Å². The van der Waals surface area contributed by atoms with Crippen molar-refractivity contribution in [2.75, 3.05) is 17.6 Å². The maximum absolute atomic E-state index is 5.77. The van der Waals surface area contributed by atoms with Crippen molar-refractivity contribution in [3.05, 3.63) is 11.9 Å². The third kappa shape index (κ3) is 4.51. The van der Waals surface area contributed by atoms with Crippen molar-refractivity contribution in [1.82, 2.24) is 9.97 Å². The molecule has 102 valence electrons. The van der Waals surface area contributed by atoms with E-state index in [0.717, 1.165) is 17.9 Å². The molecule has 0 amide bonds. The van der Waals surface area contributed by atoms with E-state index in [1.165, 1.54) is 32.0 Å². The van der Waals surface area contributed by atoms with E-state index in [2.05, 4.69) is 36.1 Å². The van der Waals surface area contributed by atoms with Crippen LogP contribution in [0.25, 0.3) is 0 Å². The molecule has 0 aromatic carbocycles. The molecule has 0 bridgehead atoms. The van der Waals surface area contributed by atoms with Gasteiger partial charge in [-0.15, -0.1) is 0 Å². The largest absolute Gasteiger partial charge is 0.383 e. The summed E-state index contributed by atoms with van der Waals surface area (Å²) < 4.78 is 0. The van der Waals surface area contributed by atoms with Gasteiger partial charge in [-0.05, 0) is 18.8 Å². The average Bonchev–Trinajstić information content (AvgIpc) is 2.31. The second-order valence-corrected chi connectivity index (χ2v) is 5.71. The molecule has 1 aromatic rings. The summed E-state index contributed by atoms with van der Waals surface area (Å²) in [4.78, 5) is 8.21. The lowest BCUT2D eigenvalue weighted by Crippen LogP contribution is -2.24. The van der Waals surface area contributed by atoms with E-state index in [1.807, 2.05) is 6.92 Å². The van der Waals surface area contributed by atoms with Crippen LogP contribution in [0.1, 0.15) is 52.0 Å². The summed E-state index contributed by atoms with van der Waals surface area (Å²) in [7, 11) is 0. The third-order valence-corrected chi connectivity index (χ3v) is 3.31. The van der Waals surface area contributed by atoms with Gasteiger partial charge in [0.2, 0.25) is 0 Å². The molecule has 0 saturated heterocycles. The fraction of sp³-hybridized carbons (Fsp3) is 0.714. The molecule has 0 spiro atoms. The summed E-state index contributed by atoms with van der Waals surface area (Å²) in [6.07, 6.45) is 6.60. The van der Waals surface area contributed by atoms with Gasteiger partial charge >= 0.3 is 0 Å². The molecule has 0 aliphatic rings. The highest BCUT2D eigenvalue weighted by Gasteiger charge is 2.17. The van der Waals surface area contributed by atoms with E-state index >= 15 is 0 Å².